The van der Waals surface area contributed by atoms with Gasteiger partial charge >= 0.3 is 0 Å². The van der Waals surface area contributed by atoms with Crippen LogP contribution in [0.15, 0.2) is 48.5 Å². The molecule has 0 aliphatic carbocycles. The van der Waals surface area contributed by atoms with Crippen LogP contribution >= 0.6 is 0 Å². The summed E-state index contributed by atoms with van der Waals surface area (Å²) in [6.07, 6.45) is 3.54. The van der Waals surface area contributed by atoms with E-state index < -0.39 is 21.7 Å². The average Bonchev–Trinajstić information content (AvgIpc) is 3.07. The number of nitriles is 1. The molecule has 0 radical (unpaired) electrons. The number of carbonyl (C=O) groups excluding carboxylic acids is 1. The Labute approximate surface area is 151 Å². The Morgan fingerprint density at radius 2 is 2.08 bits per heavy atom. The summed E-state index contributed by atoms with van der Waals surface area (Å²) in [5.41, 5.74) is 2.46. The minimum Gasteiger partial charge on any atom is -0.493 e. The van der Waals surface area contributed by atoms with E-state index in [1.165, 1.54) is 12.1 Å². The molecule has 2 aromatic carbocycles. The standard InChI is InChI=1S/C19H16N2O4S/c20-12-16-3-1-2-4-17(16)13-26(23,24)21-19(22)8-6-14-5-7-18-15(11-14)9-10-25-18/h1-8,11H,9-10,13H2,(H,21,22)/b8-6+. The third-order valence-corrected chi connectivity index (χ3v) is 5.08. The minimum atomic E-state index is -3.90. The number of ether oxygens (including phenoxy) is 1. The molecule has 1 amide bonds. The van der Waals surface area contributed by atoms with Gasteiger partial charge in [0.05, 0.1) is 24.0 Å². The smallest absolute Gasteiger partial charge is 0.257 e. The van der Waals surface area contributed by atoms with Gasteiger partial charge in [-0.05, 0) is 41.0 Å². The SMILES string of the molecule is N#Cc1ccccc1CS(=O)(=O)NC(=O)/C=C/c1ccc2c(c1)CCO2. The van der Waals surface area contributed by atoms with Crippen molar-refractivity contribution < 1.29 is 17.9 Å². The second kappa shape index (κ2) is 7.42. The van der Waals surface area contributed by atoms with Gasteiger partial charge in [0, 0.05) is 12.5 Å². The Hall–Kier alpha value is -3.11. The molecule has 6 nitrogen and oxygen atoms in total. The van der Waals surface area contributed by atoms with Crippen LogP contribution in [-0.2, 0) is 27.0 Å². The van der Waals surface area contributed by atoms with E-state index in [9.17, 15) is 13.2 Å². The van der Waals surface area contributed by atoms with Crippen LogP contribution in [0.5, 0.6) is 5.75 Å². The predicted molar refractivity (Wildman–Crippen MR) is 96.6 cm³/mol. The number of nitrogens with one attached hydrogen (secondary N) is 1. The lowest BCUT2D eigenvalue weighted by Gasteiger charge is -2.06. The summed E-state index contributed by atoms with van der Waals surface area (Å²) in [7, 11) is -3.90. The van der Waals surface area contributed by atoms with E-state index in [0.717, 1.165) is 23.3 Å². The van der Waals surface area contributed by atoms with E-state index in [0.29, 0.717) is 12.2 Å². The van der Waals surface area contributed by atoms with Gasteiger partial charge in [0.15, 0.2) is 0 Å². The molecule has 0 saturated carbocycles. The second-order valence-electron chi connectivity index (χ2n) is 5.79. The second-order valence-corrected chi connectivity index (χ2v) is 7.52. The Kier molecular flexibility index (Phi) is 5.05. The molecule has 1 aliphatic rings. The molecule has 7 heteroatoms. The average molecular weight is 368 g/mol. The van der Waals surface area contributed by atoms with Gasteiger partial charge in [0.25, 0.3) is 5.91 Å². The third kappa shape index (κ3) is 4.29. The Morgan fingerprint density at radius 1 is 1.27 bits per heavy atom. The largest absolute Gasteiger partial charge is 0.493 e. The fourth-order valence-corrected chi connectivity index (χ4v) is 3.77. The molecule has 0 saturated heterocycles. The molecule has 1 heterocycles. The van der Waals surface area contributed by atoms with Crippen molar-refractivity contribution in [2.45, 2.75) is 12.2 Å². The molecule has 0 aromatic heterocycles. The summed E-state index contributed by atoms with van der Waals surface area (Å²) in [4.78, 5) is 11.9. The molecule has 0 atom stereocenters. The van der Waals surface area contributed by atoms with Gasteiger partial charge in [-0.3, -0.25) is 4.79 Å². The molecule has 3 rings (SSSR count). The highest BCUT2D eigenvalue weighted by Crippen LogP contribution is 2.26. The maximum atomic E-state index is 12.2. The zero-order valence-electron chi connectivity index (χ0n) is 13.8. The molecule has 1 aliphatic heterocycles. The van der Waals surface area contributed by atoms with Crippen LogP contribution in [0.4, 0.5) is 0 Å². The molecule has 1 N–H and O–H groups in total. The van der Waals surface area contributed by atoms with Crippen LogP contribution in [0, 0.1) is 11.3 Å². The van der Waals surface area contributed by atoms with Crippen molar-refractivity contribution in [2.24, 2.45) is 0 Å². The molecule has 132 valence electrons. The van der Waals surface area contributed by atoms with Gasteiger partial charge in [0.1, 0.15) is 5.75 Å². The van der Waals surface area contributed by atoms with Crippen LogP contribution in [-0.4, -0.2) is 20.9 Å². The molecular formula is C19H16N2O4S. The third-order valence-electron chi connectivity index (χ3n) is 3.88. The summed E-state index contributed by atoms with van der Waals surface area (Å²) in [5, 5.41) is 9.02. The van der Waals surface area contributed by atoms with Gasteiger partial charge in [0.2, 0.25) is 10.0 Å². The first kappa shape index (κ1) is 17.7. The minimum absolute atomic E-state index is 0.265. The molecule has 0 bridgehead atoms. The maximum Gasteiger partial charge on any atom is 0.257 e. The highest BCUT2D eigenvalue weighted by molar-refractivity contribution is 7.89. The fourth-order valence-electron chi connectivity index (χ4n) is 2.67. The number of nitrogens with zero attached hydrogens (tertiary/aromatic N) is 1. The van der Waals surface area contributed by atoms with E-state index in [4.69, 9.17) is 10.00 Å². The van der Waals surface area contributed by atoms with Gasteiger partial charge in [-0.2, -0.15) is 5.26 Å². The van der Waals surface area contributed by atoms with Gasteiger partial charge < -0.3 is 4.74 Å². The van der Waals surface area contributed by atoms with Crippen LogP contribution in [0.2, 0.25) is 0 Å². The Balaban J connectivity index is 1.66. The molecule has 2 aromatic rings. The first-order chi connectivity index (χ1) is 12.5. The van der Waals surface area contributed by atoms with Crippen molar-refractivity contribution in [3.63, 3.8) is 0 Å². The van der Waals surface area contributed by atoms with Crippen LogP contribution in [0.25, 0.3) is 6.08 Å². The van der Waals surface area contributed by atoms with E-state index in [2.05, 4.69) is 0 Å². The molecule has 26 heavy (non-hydrogen) atoms. The van der Waals surface area contributed by atoms with Gasteiger partial charge in [-0.25, -0.2) is 13.1 Å². The molecule has 0 fully saturated rings. The summed E-state index contributed by atoms with van der Waals surface area (Å²) in [5.74, 6) is -0.339. The van der Waals surface area contributed by atoms with Crippen LogP contribution in [0.3, 0.4) is 0 Å². The predicted octanol–water partition coefficient (Wildman–Crippen LogP) is 2.15. The number of hydrogen-bond donors (Lipinski definition) is 1. The topological polar surface area (TPSA) is 96.3 Å². The van der Waals surface area contributed by atoms with Crippen LogP contribution in [0.1, 0.15) is 22.3 Å². The number of amides is 1. The highest BCUT2D eigenvalue weighted by Gasteiger charge is 2.16. The molecule has 0 unspecified atom stereocenters. The first-order valence-electron chi connectivity index (χ1n) is 7.93. The molecule has 0 spiro atoms. The number of benzene rings is 2. The first-order valence-corrected chi connectivity index (χ1v) is 9.58. The zero-order valence-corrected chi connectivity index (χ0v) is 14.6. The van der Waals surface area contributed by atoms with Crippen molar-refractivity contribution in [1.82, 2.24) is 4.72 Å². The summed E-state index contributed by atoms with van der Waals surface area (Å²) >= 11 is 0. The lowest BCUT2D eigenvalue weighted by molar-refractivity contribution is -0.114. The van der Waals surface area contributed by atoms with E-state index in [-0.39, 0.29) is 5.56 Å². The van der Waals surface area contributed by atoms with Crippen LogP contribution < -0.4 is 9.46 Å². The monoisotopic (exact) mass is 368 g/mol. The fraction of sp³-hybridized carbons (Fsp3) is 0.158. The lowest BCUT2D eigenvalue weighted by Crippen LogP contribution is -2.30. The maximum absolute atomic E-state index is 12.2. The van der Waals surface area contributed by atoms with Crippen molar-refractivity contribution in [1.29, 1.82) is 5.26 Å². The summed E-state index contributed by atoms with van der Waals surface area (Å²) < 4.78 is 31.7. The lowest BCUT2D eigenvalue weighted by atomic mass is 10.1. The van der Waals surface area contributed by atoms with Gasteiger partial charge in [-0.15, -0.1) is 0 Å². The number of hydrogen-bond acceptors (Lipinski definition) is 5. The van der Waals surface area contributed by atoms with E-state index in [1.54, 1.807) is 30.3 Å². The van der Waals surface area contributed by atoms with E-state index in [1.807, 2.05) is 22.9 Å². The summed E-state index contributed by atoms with van der Waals surface area (Å²) in [6, 6.07) is 13.8. The van der Waals surface area contributed by atoms with Crippen molar-refractivity contribution in [3.8, 4) is 11.8 Å². The Morgan fingerprint density at radius 3 is 2.88 bits per heavy atom. The Bertz CT molecular complexity index is 1020. The summed E-state index contributed by atoms with van der Waals surface area (Å²) in [6.45, 7) is 0.644. The molecular weight excluding hydrogens is 352 g/mol. The van der Waals surface area contributed by atoms with E-state index >= 15 is 0 Å². The van der Waals surface area contributed by atoms with Crippen molar-refractivity contribution in [2.75, 3.05) is 6.61 Å². The number of sulfonamides is 1. The number of fused-ring (bicyclic) bond motifs is 1. The number of carbonyl (C=O) groups is 1. The highest BCUT2D eigenvalue weighted by atomic mass is 32.2. The zero-order chi connectivity index (χ0) is 18.6. The van der Waals surface area contributed by atoms with Crippen molar-refractivity contribution >= 4 is 22.0 Å². The number of rotatable bonds is 5. The van der Waals surface area contributed by atoms with Crippen molar-refractivity contribution in [3.05, 3.63) is 70.8 Å². The normalized spacial score (nSPS) is 13.0. The van der Waals surface area contributed by atoms with Gasteiger partial charge in [-0.1, -0.05) is 24.3 Å². The quantitative estimate of drug-likeness (QED) is 0.816.